The van der Waals surface area contributed by atoms with Crippen molar-refractivity contribution in [3.63, 3.8) is 0 Å². The van der Waals surface area contributed by atoms with Gasteiger partial charge in [0.15, 0.2) is 0 Å². The average molecular weight is 172 g/mol. The van der Waals surface area contributed by atoms with Crippen molar-refractivity contribution in [2.45, 2.75) is 12.2 Å². The van der Waals surface area contributed by atoms with Crippen LogP contribution < -0.4 is 10.6 Å². The highest BCUT2D eigenvalue weighted by Crippen LogP contribution is 2.10. The normalized spacial score (nSPS) is 35.8. The maximum atomic E-state index is 10.9. The number of rotatable bonds is 0. The predicted molar refractivity (Wildman–Crippen MR) is 40.9 cm³/mol. The van der Waals surface area contributed by atoms with E-state index in [0.29, 0.717) is 26.3 Å². The highest BCUT2D eigenvalue weighted by Gasteiger charge is 2.29. The lowest BCUT2D eigenvalue weighted by Gasteiger charge is -2.29. The summed E-state index contributed by atoms with van der Waals surface area (Å²) in [5.41, 5.74) is 0. The second kappa shape index (κ2) is 3.28. The Morgan fingerprint density at radius 1 is 1.08 bits per heavy atom. The molecule has 0 aromatic carbocycles. The molecule has 2 heterocycles. The van der Waals surface area contributed by atoms with Gasteiger partial charge in [-0.25, -0.2) is 4.79 Å². The van der Waals surface area contributed by atoms with Gasteiger partial charge in [0.05, 0.1) is 13.2 Å². The molecule has 2 aliphatic heterocycles. The molecule has 0 aromatic rings. The third-order valence-corrected chi connectivity index (χ3v) is 2.09. The van der Waals surface area contributed by atoms with Crippen LogP contribution in [-0.2, 0) is 9.47 Å². The van der Waals surface area contributed by atoms with E-state index in [1.54, 1.807) is 0 Å². The molecule has 2 saturated heterocycles. The van der Waals surface area contributed by atoms with Crippen LogP contribution in [0.3, 0.4) is 0 Å². The highest BCUT2D eigenvalue weighted by atomic mass is 16.6. The first kappa shape index (κ1) is 7.82. The van der Waals surface area contributed by atoms with Gasteiger partial charge in [0.1, 0.15) is 12.2 Å². The zero-order valence-electron chi connectivity index (χ0n) is 6.71. The van der Waals surface area contributed by atoms with Gasteiger partial charge in [0.25, 0.3) is 0 Å². The van der Waals surface area contributed by atoms with Gasteiger partial charge < -0.3 is 20.1 Å². The fourth-order valence-corrected chi connectivity index (χ4v) is 1.44. The summed E-state index contributed by atoms with van der Waals surface area (Å²) in [4.78, 5) is 10.9. The molecule has 2 aliphatic rings. The van der Waals surface area contributed by atoms with Crippen molar-refractivity contribution in [1.82, 2.24) is 10.6 Å². The van der Waals surface area contributed by atoms with Crippen molar-refractivity contribution in [1.29, 1.82) is 0 Å². The number of ether oxygens (including phenoxy) is 2. The zero-order chi connectivity index (χ0) is 8.39. The summed E-state index contributed by atoms with van der Waals surface area (Å²) in [6.07, 6.45) is 0.0235. The van der Waals surface area contributed by atoms with E-state index < -0.39 is 0 Å². The largest absolute Gasteiger partial charge is 0.371 e. The third kappa shape index (κ3) is 1.51. The van der Waals surface area contributed by atoms with Gasteiger partial charge in [0.2, 0.25) is 0 Å². The van der Waals surface area contributed by atoms with Gasteiger partial charge in [-0.15, -0.1) is 0 Å². The van der Waals surface area contributed by atoms with Crippen molar-refractivity contribution in [3.8, 4) is 0 Å². The summed E-state index contributed by atoms with van der Waals surface area (Å²) in [5.74, 6) is 0. The first-order chi connectivity index (χ1) is 5.86. The maximum absolute atomic E-state index is 10.9. The molecule has 2 fully saturated rings. The number of amides is 2. The van der Waals surface area contributed by atoms with Gasteiger partial charge in [0, 0.05) is 13.1 Å². The van der Waals surface area contributed by atoms with E-state index in [4.69, 9.17) is 9.47 Å². The minimum Gasteiger partial charge on any atom is -0.371 e. The van der Waals surface area contributed by atoms with Crippen LogP contribution in [0.15, 0.2) is 0 Å². The second-order valence-corrected chi connectivity index (χ2v) is 2.91. The van der Waals surface area contributed by atoms with Crippen LogP contribution in [0.1, 0.15) is 0 Å². The SMILES string of the molecule is O=C1NCC2OCCOC2CN1. The van der Waals surface area contributed by atoms with E-state index in [0.717, 1.165) is 0 Å². The van der Waals surface area contributed by atoms with Crippen LogP contribution in [0, 0.1) is 0 Å². The number of carbonyl (C=O) groups is 1. The van der Waals surface area contributed by atoms with Gasteiger partial charge >= 0.3 is 6.03 Å². The molecule has 0 radical (unpaired) electrons. The quantitative estimate of drug-likeness (QED) is 0.497. The topological polar surface area (TPSA) is 59.6 Å². The van der Waals surface area contributed by atoms with Crippen molar-refractivity contribution in [3.05, 3.63) is 0 Å². The highest BCUT2D eigenvalue weighted by molar-refractivity contribution is 5.74. The molecule has 0 saturated carbocycles. The van der Waals surface area contributed by atoms with Crippen LogP contribution in [0.5, 0.6) is 0 Å². The lowest BCUT2D eigenvalue weighted by atomic mass is 10.2. The molecule has 2 atom stereocenters. The minimum atomic E-state index is -0.142. The van der Waals surface area contributed by atoms with E-state index in [1.165, 1.54) is 0 Å². The second-order valence-electron chi connectivity index (χ2n) is 2.91. The fraction of sp³-hybridized carbons (Fsp3) is 0.857. The molecule has 12 heavy (non-hydrogen) atoms. The van der Waals surface area contributed by atoms with E-state index in [9.17, 15) is 4.79 Å². The zero-order valence-corrected chi connectivity index (χ0v) is 6.71. The molecule has 0 aromatic heterocycles. The molecule has 2 rings (SSSR count). The molecular weight excluding hydrogens is 160 g/mol. The number of fused-ring (bicyclic) bond motifs is 1. The van der Waals surface area contributed by atoms with Crippen molar-refractivity contribution >= 4 is 6.03 Å². The van der Waals surface area contributed by atoms with Crippen LogP contribution >= 0.6 is 0 Å². The van der Waals surface area contributed by atoms with Crippen molar-refractivity contribution < 1.29 is 14.3 Å². The smallest absolute Gasteiger partial charge is 0.314 e. The van der Waals surface area contributed by atoms with E-state index in [2.05, 4.69) is 10.6 Å². The summed E-state index contributed by atoms with van der Waals surface area (Å²) in [6.45, 7) is 2.32. The number of urea groups is 1. The molecule has 2 unspecified atom stereocenters. The summed E-state index contributed by atoms with van der Waals surface area (Å²) in [5, 5.41) is 5.38. The van der Waals surface area contributed by atoms with Crippen LogP contribution in [0.2, 0.25) is 0 Å². The number of nitrogens with one attached hydrogen (secondary N) is 2. The molecule has 0 aliphatic carbocycles. The lowest BCUT2D eigenvalue weighted by molar-refractivity contribution is -0.131. The van der Waals surface area contributed by atoms with Gasteiger partial charge in [-0.1, -0.05) is 0 Å². The summed E-state index contributed by atoms with van der Waals surface area (Å²) in [6, 6.07) is -0.142. The Bertz CT molecular complexity index is 167. The van der Waals surface area contributed by atoms with E-state index in [1.807, 2.05) is 0 Å². The monoisotopic (exact) mass is 172 g/mol. The van der Waals surface area contributed by atoms with E-state index >= 15 is 0 Å². The van der Waals surface area contributed by atoms with E-state index in [-0.39, 0.29) is 18.2 Å². The Labute approximate surface area is 70.4 Å². The maximum Gasteiger partial charge on any atom is 0.314 e. The molecule has 0 spiro atoms. The Morgan fingerprint density at radius 2 is 1.58 bits per heavy atom. The van der Waals surface area contributed by atoms with Crippen LogP contribution in [-0.4, -0.2) is 44.5 Å². The standard InChI is InChI=1S/C7H12N2O3/c10-7-8-3-5-6(4-9-7)12-2-1-11-5/h5-6H,1-4H2,(H2,8,9,10). The number of hydrogen-bond acceptors (Lipinski definition) is 3. The third-order valence-electron chi connectivity index (χ3n) is 2.09. The Balaban J connectivity index is 1.98. The molecule has 0 bridgehead atoms. The fourth-order valence-electron chi connectivity index (χ4n) is 1.44. The summed E-state index contributed by atoms with van der Waals surface area (Å²) in [7, 11) is 0. The molecule has 2 amide bonds. The summed E-state index contributed by atoms with van der Waals surface area (Å²) < 4.78 is 10.9. The van der Waals surface area contributed by atoms with Crippen LogP contribution in [0.4, 0.5) is 4.79 Å². The Hall–Kier alpha value is -0.810. The average Bonchev–Trinajstić information content (AvgIpc) is 2.29. The molecule has 2 N–H and O–H groups in total. The van der Waals surface area contributed by atoms with Gasteiger partial charge in [-0.05, 0) is 0 Å². The number of carbonyl (C=O) groups excluding carboxylic acids is 1. The van der Waals surface area contributed by atoms with Gasteiger partial charge in [-0.3, -0.25) is 0 Å². The lowest BCUT2D eigenvalue weighted by Crippen LogP contribution is -2.44. The summed E-state index contributed by atoms with van der Waals surface area (Å²) >= 11 is 0. The molecule has 5 heteroatoms. The van der Waals surface area contributed by atoms with Crippen LogP contribution in [0.25, 0.3) is 0 Å². The number of hydrogen-bond donors (Lipinski definition) is 2. The Morgan fingerprint density at radius 3 is 2.08 bits per heavy atom. The molecule has 5 nitrogen and oxygen atoms in total. The van der Waals surface area contributed by atoms with Crippen molar-refractivity contribution in [2.24, 2.45) is 0 Å². The molecular formula is C7H12N2O3. The first-order valence-electron chi connectivity index (χ1n) is 4.11. The molecule has 68 valence electrons. The predicted octanol–water partition coefficient (Wildman–Crippen LogP) is -0.917. The Kier molecular flexibility index (Phi) is 2.14. The minimum absolute atomic E-state index is 0.0118. The first-order valence-corrected chi connectivity index (χ1v) is 4.11. The van der Waals surface area contributed by atoms with Crippen molar-refractivity contribution in [2.75, 3.05) is 26.3 Å². The van der Waals surface area contributed by atoms with Gasteiger partial charge in [-0.2, -0.15) is 0 Å².